The van der Waals surface area contributed by atoms with Gasteiger partial charge in [0.1, 0.15) is 11.6 Å². The second-order valence-corrected chi connectivity index (χ2v) is 5.27. The summed E-state index contributed by atoms with van der Waals surface area (Å²) < 4.78 is 32.0. The van der Waals surface area contributed by atoms with E-state index in [1.807, 2.05) is 0 Å². The quantitative estimate of drug-likeness (QED) is 0.285. The van der Waals surface area contributed by atoms with Crippen LogP contribution in [0.4, 0.5) is 8.78 Å². The molecule has 0 spiro atoms. The summed E-state index contributed by atoms with van der Waals surface area (Å²) in [5, 5.41) is 36.8. The largest absolute Gasteiger partial charge is 0.491 e. The summed E-state index contributed by atoms with van der Waals surface area (Å²) in [6, 6.07) is 4.03. The average molecular weight is 364 g/mol. The molecule has 11 heteroatoms. The standard InChI is InChI=1S/C15H12B2F2O7/c1-26-15(21)8-2-7(3-9(4-8)16(22)23)14(20)10-5-11(17(24)25)13(19)6-12(10)18/h2-6,22-25H,1H3. The molecule has 0 saturated heterocycles. The van der Waals surface area contributed by atoms with Gasteiger partial charge in [-0.15, -0.1) is 0 Å². The molecule has 0 bridgehead atoms. The highest BCUT2D eigenvalue weighted by Gasteiger charge is 2.25. The number of carbonyl (C=O) groups excluding carboxylic acids is 2. The first kappa shape index (κ1) is 19.7. The normalized spacial score (nSPS) is 10.4. The van der Waals surface area contributed by atoms with Crippen LogP contribution in [0.15, 0.2) is 30.3 Å². The molecule has 0 unspecified atom stereocenters. The first-order valence-electron chi connectivity index (χ1n) is 7.15. The van der Waals surface area contributed by atoms with Gasteiger partial charge >= 0.3 is 20.2 Å². The number of esters is 1. The Kier molecular flexibility index (Phi) is 5.88. The van der Waals surface area contributed by atoms with Crippen molar-refractivity contribution in [2.45, 2.75) is 0 Å². The van der Waals surface area contributed by atoms with Crippen LogP contribution in [0.2, 0.25) is 0 Å². The molecule has 0 amide bonds. The van der Waals surface area contributed by atoms with E-state index in [0.717, 1.165) is 25.3 Å². The topological polar surface area (TPSA) is 124 Å². The summed E-state index contributed by atoms with van der Waals surface area (Å²) in [5.41, 5.74) is -2.18. The lowest BCUT2D eigenvalue weighted by Gasteiger charge is -2.10. The Labute approximate surface area is 146 Å². The van der Waals surface area contributed by atoms with Gasteiger partial charge in [0, 0.05) is 17.1 Å². The zero-order valence-corrected chi connectivity index (χ0v) is 13.3. The zero-order valence-electron chi connectivity index (χ0n) is 13.3. The molecule has 7 nitrogen and oxygen atoms in total. The predicted octanol–water partition coefficient (Wildman–Crippen LogP) is -1.66. The van der Waals surface area contributed by atoms with Crippen molar-refractivity contribution >= 4 is 36.9 Å². The molecule has 0 aromatic heterocycles. The third kappa shape index (κ3) is 3.97. The SMILES string of the molecule is COC(=O)c1cc(B(O)O)cc(C(=O)c2cc(B(O)O)c(F)cc2F)c1. The second kappa shape index (κ2) is 7.75. The number of benzene rings is 2. The maximum atomic E-state index is 14.0. The summed E-state index contributed by atoms with van der Waals surface area (Å²) in [7, 11) is -3.24. The van der Waals surface area contributed by atoms with E-state index in [1.54, 1.807) is 0 Å². The minimum atomic E-state index is -2.28. The summed E-state index contributed by atoms with van der Waals surface area (Å²) in [6.07, 6.45) is 0. The molecule has 0 heterocycles. The maximum absolute atomic E-state index is 14.0. The molecule has 0 radical (unpaired) electrons. The van der Waals surface area contributed by atoms with Crippen LogP contribution in [0.5, 0.6) is 0 Å². The Bertz CT molecular complexity index is 871. The van der Waals surface area contributed by atoms with Crippen molar-refractivity contribution in [3.8, 4) is 0 Å². The van der Waals surface area contributed by atoms with Crippen molar-refractivity contribution in [1.82, 2.24) is 0 Å². The fourth-order valence-corrected chi connectivity index (χ4v) is 2.26. The summed E-state index contributed by atoms with van der Waals surface area (Å²) >= 11 is 0. The molecule has 0 aliphatic rings. The first-order valence-corrected chi connectivity index (χ1v) is 7.15. The number of rotatable bonds is 5. The molecular formula is C15H12B2F2O7. The Morgan fingerprint density at radius 3 is 2.04 bits per heavy atom. The van der Waals surface area contributed by atoms with Crippen molar-refractivity contribution in [3.05, 3.63) is 58.7 Å². The first-order chi connectivity index (χ1) is 12.1. The number of ether oxygens (including phenoxy) is 1. The minimum Gasteiger partial charge on any atom is -0.465 e. The molecule has 2 aromatic rings. The maximum Gasteiger partial charge on any atom is 0.491 e. The highest BCUT2D eigenvalue weighted by Crippen LogP contribution is 2.16. The van der Waals surface area contributed by atoms with Gasteiger partial charge in [0.25, 0.3) is 0 Å². The smallest absolute Gasteiger partial charge is 0.465 e. The fraction of sp³-hybridized carbons (Fsp3) is 0.0667. The molecule has 2 aromatic carbocycles. The average Bonchev–Trinajstić information content (AvgIpc) is 2.59. The van der Waals surface area contributed by atoms with Crippen LogP contribution in [0, 0.1) is 11.6 Å². The number of carbonyl (C=O) groups is 2. The number of methoxy groups -OCH3 is 1. The number of hydrogen-bond donors (Lipinski definition) is 4. The highest BCUT2D eigenvalue weighted by molar-refractivity contribution is 6.59. The van der Waals surface area contributed by atoms with Gasteiger partial charge in [-0.25, -0.2) is 13.6 Å². The summed E-state index contributed by atoms with van der Waals surface area (Å²) in [4.78, 5) is 24.2. The van der Waals surface area contributed by atoms with Gasteiger partial charge in [0.05, 0.1) is 18.2 Å². The molecule has 4 N–H and O–H groups in total. The van der Waals surface area contributed by atoms with E-state index >= 15 is 0 Å². The molecule has 2 rings (SSSR count). The van der Waals surface area contributed by atoms with E-state index in [0.29, 0.717) is 12.1 Å². The van der Waals surface area contributed by atoms with Gasteiger partial charge in [-0.3, -0.25) is 4.79 Å². The second-order valence-electron chi connectivity index (χ2n) is 5.27. The lowest BCUT2D eigenvalue weighted by atomic mass is 9.77. The van der Waals surface area contributed by atoms with E-state index in [2.05, 4.69) is 4.74 Å². The van der Waals surface area contributed by atoms with Crippen molar-refractivity contribution in [3.63, 3.8) is 0 Å². The van der Waals surface area contributed by atoms with Gasteiger partial charge in [0.15, 0.2) is 5.78 Å². The molecule has 0 atom stereocenters. The van der Waals surface area contributed by atoms with Crippen molar-refractivity contribution in [1.29, 1.82) is 0 Å². The Morgan fingerprint density at radius 2 is 1.50 bits per heavy atom. The highest BCUT2D eigenvalue weighted by atomic mass is 19.1. The van der Waals surface area contributed by atoms with Crippen LogP contribution in [-0.2, 0) is 4.74 Å². The lowest BCUT2D eigenvalue weighted by Crippen LogP contribution is -2.34. The zero-order chi connectivity index (χ0) is 19.6. The van der Waals surface area contributed by atoms with Gasteiger partial charge < -0.3 is 24.8 Å². The lowest BCUT2D eigenvalue weighted by molar-refractivity contribution is 0.0601. The monoisotopic (exact) mass is 364 g/mol. The van der Waals surface area contributed by atoms with E-state index in [1.165, 1.54) is 0 Å². The molecule has 0 fully saturated rings. The Balaban J connectivity index is 2.61. The molecule has 26 heavy (non-hydrogen) atoms. The van der Waals surface area contributed by atoms with Crippen molar-refractivity contribution < 1.29 is 43.2 Å². The number of halogens is 2. The third-order valence-electron chi connectivity index (χ3n) is 3.55. The minimum absolute atomic E-state index is 0.202. The fourth-order valence-electron chi connectivity index (χ4n) is 2.26. The Morgan fingerprint density at radius 1 is 0.885 bits per heavy atom. The van der Waals surface area contributed by atoms with Crippen LogP contribution in [0.1, 0.15) is 26.3 Å². The van der Waals surface area contributed by atoms with Crippen LogP contribution < -0.4 is 10.9 Å². The molecule has 0 aliphatic carbocycles. The predicted molar refractivity (Wildman–Crippen MR) is 87.2 cm³/mol. The van der Waals surface area contributed by atoms with Gasteiger partial charge in [-0.1, -0.05) is 6.07 Å². The van der Waals surface area contributed by atoms with E-state index in [9.17, 15) is 28.4 Å². The van der Waals surface area contributed by atoms with Crippen molar-refractivity contribution in [2.75, 3.05) is 7.11 Å². The van der Waals surface area contributed by atoms with Crippen LogP contribution in [-0.4, -0.2) is 53.2 Å². The van der Waals surface area contributed by atoms with E-state index in [-0.39, 0.29) is 16.6 Å². The van der Waals surface area contributed by atoms with Crippen molar-refractivity contribution in [2.24, 2.45) is 0 Å². The van der Waals surface area contributed by atoms with E-state index in [4.69, 9.17) is 10.0 Å². The van der Waals surface area contributed by atoms with Gasteiger partial charge in [0.2, 0.25) is 0 Å². The van der Waals surface area contributed by atoms with Crippen LogP contribution in [0.3, 0.4) is 0 Å². The van der Waals surface area contributed by atoms with E-state index < -0.39 is 48.7 Å². The van der Waals surface area contributed by atoms with Crippen LogP contribution in [0.25, 0.3) is 0 Å². The molecule has 0 aliphatic heterocycles. The number of ketones is 1. The van der Waals surface area contributed by atoms with Crippen LogP contribution >= 0.6 is 0 Å². The summed E-state index contributed by atoms with van der Waals surface area (Å²) in [6.45, 7) is 0. The van der Waals surface area contributed by atoms with Gasteiger partial charge in [-0.05, 0) is 23.7 Å². The molecule has 134 valence electrons. The number of hydrogen-bond acceptors (Lipinski definition) is 7. The Hall–Kier alpha value is -2.59. The summed E-state index contributed by atoms with van der Waals surface area (Å²) in [5.74, 6) is -4.46. The van der Waals surface area contributed by atoms with Gasteiger partial charge in [-0.2, -0.15) is 0 Å². The molecular weight excluding hydrogens is 352 g/mol. The third-order valence-corrected chi connectivity index (χ3v) is 3.55. The molecule has 0 saturated carbocycles.